The molecule has 0 heterocycles. The fraction of sp³-hybridized carbons (Fsp3) is 0.846. The van der Waals surface area contributed by atoms with E-state index in [-0.39, 0.29) is 18.6 Å². The zero-order chi connectivity index (χ0) is 14.3. The second-order valence-corrected chi connectivity index (χ2v) is 4.99. The molecule has 1 saturated carbocycles. The SMILES string of the molecule is COCCN(CC(=O)O)C(=O)N(C)C1CCCCC1. The maximum atomic E-state index is 12.3. The molecule has 6 heteroatoms. The number of hydrogen-bond donors (Lipinski definition) is 1. The lowest BCUT2D eigenvalue weighted by Gasteiger charge is -2.34. The first-order valence-electron chi connectivity index (χ1n) is 6.78. The van der Waals surface area contributed by atoms with Gasteiger partial charge in [0.25, 0.3) is 0 Å². The van der Waals surface area contributed by atoms with E-state index in [2.05, 4.69) is 0 Å². The highest BCUT2D eigenvalue weighted by molar-refractivity contribution is 5.80. The van der Waals surface area contributed by atoms with Gasteiger partial charge in [0.2, 0.25) is 0 Å². The van der Waals surface area contributed by atoms with Crippen LogP contribution in [0.1, 0.15) is 32.1 Å². The average Bonchev–Trinajstić information content (AvgIpc) is 2.42. The van der Waals surface area contributed by atoms with Crippen LogP contribution in [0.15, 0.2) is 0 Å². The van der Waals surface area contributed by atoms with Crippen molar-refractivity contribution in [2.45, 2.75) is 38.1 Å². The lowest BCUT2D eigenvalue weighted by Crippen LogP contribution is -2.49. The highest BCUT2D eigenvalue weighted by Gasteiger charge is 2.26. The molecule has 0 bridgehead atoms. The Morgan fingerprint density at radius 1 is 1.26 bits per heavy atom. The number of nitrogens with zero attached hydrogens (tertiary/aromatic N) is 2. The number of urea groups is 1. The third-order valence-corrected chi connectivity index (χ3v) is 3.59. The first-order chi connectivity index (χ1) is 9.06. The summed E-state index contributed by atoms with van der Waals surface area (Å²) < 4.78 is 4.92. The largest absolute Gasteiger partial charge is 0.480 e. The molecule has 0 saturated heterocycles. The minimum Gasteiger partial charge on any atom is -0.480 e. The molecule has 2 amide bonds. The number of amides is 2. The van der Waals surface area contributed by atoms with Gasteiger partial charge in [0.05, 0.1) is 6.61 Å². The summed E-state index contributed by atoms with van der Waals surface area (Å²) in [7, 11) is 3.30. The van der Waals surface area contributed by atoms with Crippen LogP contribution in [-0.4, -0.2) is 66.8 Å². The molecule has 1 fully saturated rings. The van der Waals surface area contributed by atoms with Crippen molar-refractivity contribution in [1.29, 1.82) is 0 Å². The van der Waals surface area contributed by atoms with Gasteiger partial charge >= 0.3 is 12.0 Å². The van der Waals surface area contributed by atoms with Gasteiger partial charge in [-0.15, -0.1) is 0 Å². The second kappa shape index (κ2) is 7.99. The molecule has 1 rings (SSSR count). The number of rotatable bonds is 6. The van der Waals surface area contributed by atoms with Crippen molar-refractivity contribution >= 4 is 12.0 Å². The molecule has 0 aromatic carbocycles. The molecule has 1 N–H and O–H groups in total. The summed E-state index contributed by atoms with van der Waals surface area (Å²) in [6.07, 6.45) is 5.51. The summed E-state index contributed by atoms with van der Waals surface area (Å²) in [5.74, 6) is -0.999. The number of carbonyl (C=O) groups is 2. The molecule has 19 heavy (non-hydrogen) atoms. The van der Waals surface area contributed by atoms with Gasteiger partial charge in [-0.2, -0.15) is 0 Å². The molecule has 0 aromatic rings. The number of carboxylic acids is 1. The quantitative estimate of drug-likeness (QED) is 0.793. The van der Waals surface area contributed by atoms with Gasteiger partial charge in [0.15, 0.2) is 0 Å². The lowest BCUT2D eigenvalue weighted by atomic mass is 9.95. The molecule has 0 radical (unpaired) electrons. The summed E-state index contributed by atoms with van der Waals surface area (Å²) in [5, 5.41) is 8.87. The third-order valence-electron chi connectivity index (χ3n) is 3.59. The van der Waals surface area contributed by atoms with Crippen molar-refractivity contribution in [2.75, 3.05) is 33.9 Å². The van der Waals surface area contributed by atoms with Crippen LogP contribution in [0.4, 0.5) is 4.79 Å². The smallest absolute Gasteiger partial charge is 0.323 e. The van der Waals surface area contributed by atoms with Gasteiger partial charge in [0, 0.05) is 26.7 Å². The molecule has 0 aromatic heterocycles. The highest BCUT2D eigenvalue weighted by Crippen LogP contribution is 2.22. The predicted molar refractivity (Wildman–Crippen MR) is 71.1 cm³/mol. The van der Waals surface area contributed by atoms with Crippen molar-refractivity contribution in [3.8, 4) is 0 Å². The van der Waals surface area contributed by atoms with Gasteiger partial charge in [-0.25, -0.2) is 4.79 Å². The minimum absolute atomic E-state index is 0.216. The monoisotopic (exact) mass is 272 g/mol. The van der Waals surface area contributed by atoms with E-state index in [1.54, 1.807) is 11.9 Å². The van der Waals surface area contributed by atoms with Crippen molar-refractivity contribution in [3.05, 3.63) is 0 Å². The van der Waals surface area contributed by atoms with Crippen LogP contribution >= 0.6 is 0 Å². The summed E-state index contributed by atoms with van der Waals surface area (Å²) in [6, 6.07) is 0.0199. The molecule has 1 aliphatic rings. The molecule has 0 atom stereocenters. The zero-order valence-corrected chi connectivity index (χ0v) is 11.8. The Hall–Kier alpha value is -1.30. The van der Waals surface area contributed by atoms with E-state index in [0.717, 1.165) is 25.7 Å². The van der Waals surface area contributed by atoms with E-state index in [0.29, 0.717) is 13.2 Å². The standard InChI is InChI=1S/C13H24N2O4/c1-14(11-6-4-3-5-7-11)13(18)15(8-9-19-2)10-12(16)17/h11H,3-10H2,1-2H3,(H,16,17). The molecule has 0 aliphatic heterocycles. The Balaban J connectivity index is 2.59. The fourth-order valence-corrected chi connectivity index (χ4v) is 2.45. The summed E-state index contributed by atoms with van der Waals surface area (Å²) in [5.41, 5.74) is 0. The normalized spacial score (nSPS) is 16.1. The van der Waals surface area contributed by atoms with Crippen molar-refractivity contribution in [2.24, 2.45) is 0 Å². The zero-order valence-electron chi connectivity index (χ0n) is 11.8. The van der Waals surface area contributed by atoms with E-state index in [9.17, 15) is 9.59 Å². The first kappa shape index (κ1) is 15.8. The summed E-state index contributed by atoms with van der Waals surface area (Å²) in [6.45, 7) is 0.371. The van der Waals surface area contributed by atoms with Crippen LogP contribution in [0.2, 0.25) is 0 Å². The average molecular weight is 272 g/mol. The van der Waals surface area contributed by atoms with Crippen LogP contribution in [-0.2, 0) is 9.53 Å². The van der Waals surface area contributed by atoms with E-state index < -0.39 is 5.97 Å². The maximum absolute atomic E-state index is 12.3. The molecule has 0 unspecified atom stereocenters. The Labute approximate surface area is 114 Å². The van der Waals surface area contributed by atoms with Crippen LogP contribution in [0.25, 0.3) is 0 Å². The number of carboxylic acid groups (broad SMARTS) is 1. The molecular formula is C13H24N2O4. The third kappa shape index (κ3) is 5.06. The fourth-order valence-electron chi connectivity index (χ4n) is 2.45. The molecule has 110 valence electrons. The van der Waals surface area contributed by atoms with E-state index in [4.69, 9.17) is 9.84 Å². The van der Waals surface area contributed by atoms with Crippen molar-refractivity contribution < 1.29 is 19.4 Å². The Morgan fingerprint density at radius 2 is 1.89 bits per heavy atom. The number of carbonyl (C=O) groups excluding carboxylic acids is 1. The van der Waals surface area contributed by atoms with E-state index in [1.807, 2.05) is 0 Å². The highest BCUT2D eigenvalue weighted by atomic mass is 16.5. The molecule has 1 aliphatic carbocycles. The number of aliphatic carboxylic acids is 1. The van der Waals surface area contributed by atoms with Crippen LogP contribution in [0.5, 0.6) is 0 Å². The van der Waals surface area contributed by atoms with Gasteiger partial charge in [-0.3, -0.25) is 4.79 Å². The predicted octanol–water partition coefficient (Wildman–Crippen LogP) is 1.40. The van der Waals surface area contributed by atoms with Crippen LogP contribution in [0.3, 0.4) is 0 Å². The summed E-state index contributed by atoms with van der Waals surface area (Å²) in [4.78, 5) is 26.2. The van der Waals surface area contributed by atoms with E-state index >= 15 is 0 Å². The van der Waals surface area contributed by atoms with Crippen LogP contribution < -0.4 is 0 Å². The van der Waals surface area contributed by atoms with Crippen molar-refractivity contribution in [3.63, 3.8) is 0 Å². The topological polar surface area (TPSA) is 70.1 Å². The van der Waals surface area contributed by atoms with Crippen molar-refractivity contribution in [1.82, 2.24) is 9.80 Å². The van der Waals surface area contributed by atoms with Crippen LogP contribution in [0, 0.1) is 0 Å². The first-order valence-corrected chi connectivity index (χ1v) is 6.78. The molecular weight excluding hydrogens is 248 g/mol. The number of methoxy groups -OCH3 is 1. The summed E-state index contributed by atoms with van der Waals surface area (Å²) >= 11 is 0. The Kier molecular flexibility index (Phi) is 6.62. The van der Waals surface area contributed by atoms with E-state index in [1.165, 1.54) is 18.4 Å². The van der Waals surface area contributed by atoms with Gasteiger partial charge in [0.1, 0.15) is 6.54 Å². The second-order valence-electron chi connectivity index (χ2n) is 4.99. The Bertz CT molecular complexity index is 303. The van der Waals surface area contributed by atoms with Gasteiger partial charge in [-0.1, -0.05) is 19.3 Å². The molecule has 0 spiro atoms. The van der Waals surface area contributed by atoms with Gasteiger partial charge < -0.3 is 19.6 Å². The lowest BCUT2D eigenvalue weighted by molar-refractivity contribution is -0.137. The number of hydrogen-bond acceptors (Lipinski definition) is 3. The number of ether oxygens (including phenoxy) is 1. The van der Waals surface area contributed by atoms with Gasteiger partial charge in [-0.05, 0) is 12.8 Å². The molecule has 6 nitrogen and oxygen atoms in total. The Morgan fingerprint density at radius 3 is 2.42 bits per heavy atom. The maximum Gasteiger partial charge on any atom is 0.323 e. The minimum atomic E-state index is -0.999.